The van der Waals surface area contributed by atoms with E-state index >= 15 is 0 Å². The second-order valence-electron chi connectivity index (χ2n) is 9.04. The van der Waals surface area contributed by atoms with Gasteiger partial charge in [0.1, 0.15) is 17.5 Å². The molecule has 0 spiro atoms. The van der Waals surface area contributed by atoms with Crippen molar-refractivity contribution in [2.75, 3.05) is 0 Å². The highest BCUT2D eigenvalue weighted by Gasteiger charge is 2.36. The maximum atomic E-state index is 10.1. The fourth-order valence-electron chi connectivity index (χ4n) is 4.34. The van der Waals surface area contributed by atoms with E-state index in [1.165, 1.54) is 0 Å². The Morgan fingerprint density at radius 3 is 2.48 bits per heavy atom. The second-order valence-corrected chi connectivity index (χ2v) is 10.7. The van der Waals surface area contributed by atoms with Gasteiger partial charge in [-0.1, -0.05) is 81.9 Å². The molecule has 3 aromatic carbocycles. The summed E-state index contributed by atoms with van der Waals surface area (Å²) in [7, 11) is 0. The predicted molar refractivity (Wildman–Crippen MR) is 165 cm³/mol. The molecule has 1 aliphatic rings. The van der Waals surface area contributed by atoms with E-state index < -0.39 is 0 Å². The molecule has 208 valence electrons. The zero-order chi connectivity index (χ0) is 29.2. The number of oxime groups is 1. The molecule has 7 nitrogen and oxygen atoms in total. The molecule has 42 heavy (non-hydrogen) atoms. The Labute approximate surface area is 260 Å². The molecule has 1 saturated heterocycles. The van der Waals surface area contributed by atoms with Gasteiger partial charge < -0.3 is 14.7 Å². The van der Waals surface area contributed by atoms with Crippen LogP contribution < -0.4 is 4.74 Å². The minimum atomic E-state index is 0.153. The van der Waals surface area contributed by atoms with Crippen molar-refractivity contribution in [1.29, 1.82) is 0 Å². The quantitative estimate of drug-likeness (QED) is 0.114. The summed E-state index contributed by atoms with van der Waals surface area (Å²) >= 11 is 25.3. The Morgan fingerprint density at radius 1 is 0.905 bits per heavy atom. The van der Waals surface area contributed by atoms with Crippen molar-refractivity contribution in [3.8, 4) is 5.75 Å². The van der Waals surface area contributed by atoms with Crippen molar-refractivity contribution in [3.05, 3.63) is 139 Å². The van der Waals surface area contributed by atoms with E-state index in [1.807, 2.05) is 24.3 Å². The number of nitrogens with zero attached hydrogens (tertiary/aromatic N) is 4. The molecule has 0 unspecified atom stereocenters. The van der Waals surface area contributed by atoms with Crippen LogP contribution in [0, 0.1) is 0 Å². The Kier molecular flexibility index (Phi) is 8.00. The average Bonchev–Trinajstić information content (AvgIpc) is 2.97. The van der Waals surface area contributed by atoms with Gasteiger partial charge in [-0.25, -0.2) is 9.97 Å². The highest BCUT2D eigenvalue weighted by Crippen LogP contribution is 2.41. The van der Waals surface area contributed by atoms with Crippen LogP contribution in [0.4, 0.5) is 0 Å². The number of hydrogen-bond acceptors (Lipinski definition) is 7. The highest BCUT2D eigenvalue weighted by atomic mass is 35.5. The number of para-hydroxylation sites is 1. The van der Waals surface area contributed by atoms with Gasteiger partial charge in [0.05, 0.1) is 16.8 Å². The number of pyridine rings is 1. The van der Waals surface area contributed by atoms with Crippen LogP contribution in [-0.2, 0) is 11.3 Å². The summed E-state index contributed by atoms with van der Waals surface area (Å²) in [5, 5.41) is 15.8. The number of ether oxygens (including phenoxy) is 2. The summed E-state index contributed by atoms with van der Waals surface area (Å²) in [5.74, 6) is 1.24. The molecular weight excluding hydrogens is 618 g/mol. The highest BCUT2D eigenvalue weighted by molar-refractivity contribution is 6.36. The Hall–Kier alpha value is -4.14. The molecule has 2 aromatic heterocycles. The summed E-state index contributed by atoms with van der Waals surface area (Å²) in [6.07, 6.45) is 3.32. The largest absolute Gasteiger partial charge is 0.488 e. The van der Waals surface area contributed by atoms with E-state index in [2.05, 4.69) is 15.1 Å². The van der Waals surface area contributed by atoms with Crippen LogP contribution in [0.3, 0.4) is 0 Å². The summed E-state index contributed by atoms with van der Waals surface area (Å²) in [6, 6.07) is 23.1. The van der Waals surface area contributed by atoms with Crippen molar-refractivity contribution in [2.24, 2.45) is 5.16 Å². The number of aromatic nitrogens is 3. The molecule has 0 saturated carbocycles. The third-order valence-corrected chi connectivity index (χ3v) is 7.45. The van der Waals surface area contributed by atoms with Crippen molar-refractivity contribution in [1.82, 2.24) is 15.0 Å². The lowest BCUT2D eigenvalue weighted by Crippen LogP contribution is -2.25. The van der Waals surface area contributed by atoms with E-state index in [9.17, 15) is 5.21 Å². The summed E-state index contributed by atoms with van der Waals surface area (Å²) in [6.45, 7) is 0.153. The minimum Gasteiger partial charge on any atom is -0.488 e. The first kappa shape index (κ1) is 28.0. The third-order valence-electron chi connectivity index (χ3n) is 6.34. The predicted octanol–water partition coefficient (Wildman–Crippen LogP) is 8.88. The van der Waals surface area contributed by atoms with Crippen molar-refractivity contribution < 1.29 is 14.7 Å². The molecule has 0 bridgehead atoms. The van der Waals surface area contributed by atoms with Gasteiger partial charge in [-0.3, -0.25) is 4.98 Å². The Balaban J connectivity index is 1.49. The van der Waals surface area contributed by atoms with E-state index in [0.29, 0.717) is 54.3 Å². The van der Waals surface area contributed by atoms with E-state index in [1.54, 1.807) is 66.9 Å². The number of halogens is 4. The van der Waals surface area contributed by atoms with Crippen LogP contribution in [0.1, 0.15) is 22.6 Å². The van der Waals surface area contributed by atoms with Gasteiger partial charge >= 0.3 is 0 Å². The lowest BCUT2D eigenvalue weighted by atomic mass is 9.96. The van der Waals surface area contributed by atoms with E-state index in [-0.39, 0.29) is 29.1 Å². The van der Waals surface area contributed by atoms with Crippen LogP contribution in [-0.4, -0.2) is 25.9 Å². The van der Waals surface area contributed by atoms with Crippen molar-refractivity contribution >= 4 is 74.7 Å². The molecule has 1 aliphatic heterocycles. The molecule has 3 heterocycles. The van der Waals surface area contributed by atoms with Crippen LogP contribution in [0.25, 0.3) is 22.6 Å². The zero-order valence-corrected chi connectivity index (χ0v) is 24.5. The van der Waals surface area contributed by atoms with Crippen LogP contribution in [0.2, 0.25) is 20.2 Å². The van der Waals surface area contributed by atoms with E-state index in [4.69, 9.17) is 60.9 Å². The zero-order valence-electron chi connectivity index (χ0n) is 21.4. The van der Waals surface area contributed by atoms with Crippen LogP contribution in [0.5, 0.6) is 5.75 Å². The fourth-order valence-corrected chi connectivity index (χ4v) is 5.21. The molecule has 1 N–H and O–H groups in total. The molecular formula is C31H18Cl4N4O3. The second kappa shape index (κ2) is 12.0. The Bertz CT molecular complexity index is 1930. The third kappa shape index (κ3) is 5.65. The molecule has 0 radical (unpaired) electrons. The summed E-state index contributed by atoms with van der Waals surface area (Å²) in [5.41, 5.74) is 3.08. The van der Waals surface area contributed by atoms with Gasteiger partial charge in [0, 0.05) is 43.9 Å². The van der Waals surface area contributed by atoms with Crippen molar-refractivity contribution in [3.63, 3.8) is 0 Å². The number of fused-ring (bicyclic) bond motifs is 1. The minimum absolute atomic E-state index is 0.153. The maximum absolute atomic E-state index is 10.1. The van der Waals surface area contributed by atoms with Gasteiger partial charge in [0.15, 0.2) is 23.1 Å². The average molecular weight is 636 g/mol. The number of hydrogen-bond donors (Lipinski definition) is 1. The molecule has 0 amide bonds. The fraction of sp³-hybridized carbons (Fsp3) is 0.0323. The van der Waals surface area contributed by atoms with E-state index in [0.717, 1.165) is 5.56 Å². The topological polar surface area (TPSA) is 89.7 Å². The number of rotatable bonds is 6. The standard InChI is InChI=1S/C31H18Cl4N4O3/c32-18-10-11-24-22(13-18)30(35)38-31(37-24)27(29-28(39-40)26(42-29)15-20-5-3-4-12-36-20)21-6-1-2-7-25(21)41-16-17-8-9-19(33)14-23(17)34/h1-15,40H,16H2/b26-15-,29-27-,39-28+. The molecule has 0 atom stereocenters. The first-order valence-corrected chi connectivity index (χ1v) is 14.0. The Morgan fingerprint density at radius 2 is 1.69 bits per heavy atom. The summed E-state index contributed by atoms with van der Waals surface area (Å²) in [4.78, 5) is 13.6. The smallest absolute Gasteiger partial charge is 0.188 e. The monoisotopic (exact) mass is 634 g/mol. The normalized spacial score (nSPS) is 15.9. The SMILES string of the molecule is O/N=C1C(=C\c2ccccn2)\OC\1=C(/c1nc(Cl)c2cc(Cl)ccc2n1)c1ccccc1OCc1ccc(Cl)cc1Cl. The molecule has 11 heteroatoms. The van der Waals surface area contributed by atoms with Gasteiger partial charge in [-0.05, 0) is 48.5 Å². The van der Waals surface area contributed by atoms with Gasteiger partial charge in [0.25, 0.3) is 0 Å². The van der Waals surface area contributed by atoms with Gasteiger partial charge in [0.2, 0.25) is 0 Å². The first-order chi connectivity index (χ1) is 20.4. The van der Waals surface area contributed by atoms with Crippen molar-refractivity contribution in [2.45, 2.75) is 6.61 Å². The lowest BCUT2D eigenvalue weighted by Gasteiger charge is -2.27. The van der Waals surface area contributed by atoms with Gasteiger partial charge in [-0.2, -0.15) is 0 Å². The maximum Gasteiger partial charge on any atom is 0.188 e. The summed E-state index contributed by atoms with van der Waals surface area (Å²) < 4.78 is 12.4. The van der Waals surface area contributed by atoms with Crippen LogP contribution in [0.15, 0.2) is 102 Å². The van der Waals surface area contributed by atoms with Crippen LogP contribution >= 0.6 is 46.4 Å². The molecule has 6 rings (SSSR count). The van der Waals surface area contributed by atoms with Gasteiger partial charge in [-0.15, -0.1) is 0 Å². The molecule has 1 fully saturated rings. The first-order valence-electron chi connectivity index (χ1n) is 12.5. The molecule has 5 aromatic rings. The number of benzene rings is 3. The lowest BCUT2D eigenvalue weighted by molar-refractivity contribution is 0.275. The molecule has 0 aliphatic carbocycles.